The van der Waals surface area contributed by atoms with Crippen molar-refractivity contribution in [3.63, 3.8) is 0 Å². The van der Waals surface area contributed by atoms with Gasteiger partial charge in [0, 0.05) is 53.7 Å². The van der Waals surface area contributed by atoms with Crippen LogP contribution in [0.25, 0.3) is 33.5 Å². The van der Waals surface area contributed by atoms with E-state index in [1.165, 1.54) is 44.2 Å². The quantitative estimate of drug-likeness (QED) is 0.299. The highest BCUT2D eigenvalue weighted by molar-refractivity contribution is 14.0. The van der Waals surface area contributed by atoms with Crippen molar-refractivity contribution in [2.75, 3.05) is 18.5 Å². The fourth-order valence-electron chi connectivity index (χ4n) is 4.13. The predicted molar refractivity (Wildman–Crippen MR) is 133 cm³/mol. The molecule has 4 aromatic rings. The van der Waals surface area contributed by atoms with Crippen LogP contribution in [0.5, 0.6) is 0 Å². The van der Waals surface area contributed by atoms with E-state index in [-0.39, 0.29) is 24.0 Å². The Labute approximate surface area is 182 Å². The van der Waals surface area contributed by atoms with Crippen LogP contribution in [0.2, 0.25) is 0 Å². The number of hydrogen-bond donors (Lipinski definition) is 0. The van der Waals surface area contributed by atoms with E-state index in [2.05, 4.69) is 109 Å². The zero-order chi connectivity index (χ0) is 18.4. The summed E-state index contributed by atoms with van der Waals surface area (Å²) in [7, 11) is 4.28. The first kappa shape index (κ1) is 18.8. The van der Waals surface area contributed by atoms with Gasteiger partial charge in [0.15, 0.2) is 0 Å². The number of hydrogen-bond acceptors (Lipinski definition) is 1. The van der Waals surface area contributed by atoms with E-state index in [0.29, 0.717) is 0 Å². The number of aryl methyl sites for hydroxylation is 1. The SMILES string of the molecule is CN1CC=C(C=Cc2ccc3c(c2)c2ccccc2n3C)c2ccccc21.I. The summed E-state index contributed by atoms with van der Waals surface area (Å²) in [6.07, 6.45) is 6.78. The van der Waals surface area contributed by atoms with Crippen LogP contribution in [0.1, 0.15) is 11.1 Å². The third-order valence-electron chi connectivity index (χ3n) is 5.60. The van der Waals surface area contributed by atoms with E-state index in [1.54, 1.807) is 0 Å². The van der Waals surface area contributed by atoms with Gasteiger partial charge in [-0.25, -0.2) is 0 Å². The van der Waals surface area contributed by atoms with Gasteiger partial charge in [0.2, 0.25) is 0 Å². The van der Waals surface area contributed by atoms with Crippen molar-refractivity contribution < 1.29 is 0 Å². The summed E-state index contributed by atoms with van der Waals surface area (Å²) in [5.41, 5.74) is 7.67. The molecule has 0 saturated heterocycles. The number of rotatable bonds is 2. The normalized spacial score (nSPS) is 13.6. The molecule has 1 aliphatic rings. The maximum atomic E-state index is 2.30. The molecule has 0 aliphatic carbocycles. The van der Waals surface area contributed by atoms with Crippen LogP contribution in [0.3, 0.4) is 0 Å². The van der Waals surface area contributed by atoms with E-state index < -0.39 is 0 Å². The summed E-state index contributed by atoms with van der Waals surface area (Å²) in [6, 6.07) is 24.0. The Morgan fingerprint density at radius 1 is 0.786 bits per heavy atom. The molecule has 0 unspecified atom stereocenters. The molecule has 0 N–H and O–H groups in total. The predicted octanol–water partition coefficient (Wildman–Crippen LogP) is 6.50. The third kappa shape index (κ3) is 3.04. The second kappa shape index (κ2) is 7.47. The summed E-state index contributed by atoms with van der Waals surface area (Å²) in [5.74, 6) is 0. The van der Waals surface area contributed by atoms with E-state index in [0.717, 1.165) is 6.54 Å². The van der Waals surface area contributed by atoms with Crippen LogP contribution in [-0.4, -0.2) is 18.2 Å². The molecule has 0 spiro atoms. The number of benzene rings is 3. The fourth-order valence-corrected chi connectivity index (χ4v) is 4.13. The van der Waals surface area contributed by atoms with Gasteiger partial charge in [-0.3, -0.25) is 0 Å². The summed E-state index contributed by atoms with van der Waals surface area (Å²) >= 11 is 0. The second-order valence-electron chi connectivity index (χ2n) is 7.24. The lowest BCUT2D eigenvalue weighted by atomic mass is 9.98. The van der Waals surface area contributed by atoms with Gasteiger partial charge in [0.05, 0.1) is 0 Å². The average Bonchev–Trinajstić information content (AvgIpc) is 3.00. The third-order valence-corrected chi connectivity index (χ3v) is 5.60. The Balaban J connectivity index is 0.00000192. The minimum absolute atomic E-state index is 0. The van der Waals surface area contributed by atoms with Gasteiger partial charge in [0.25, 0.3) is 0 Å². The highest BCUT2D eigenvalue weighted by Crippen LogP contribution is 2.32. The summed E-state index contributed by atoms with van der Waals surface area (Å²) in [5, 5.41) is 2.63. The maximum absolute atomic E-state index is 2.30. The molecule has 0 amide bonds. The van der Waals surface area contributed by atoms with Gasteiger partial charge in [-0.1, -0.05) is 60.7 Å². The molecule has 0 atom stereocenters. The lowest BCUT2D eigenvalue weighted by Gasteiger charge is -2.26. The van der Waals surface area contributed by atoms with Gasteiger partial charge >= 0.3 is 0 Å². The highest BCUT2D eigenvalue weighted by atomic mass is 127. The highest BCUT2D eigenvalue weighted by Gasteiger charge is 2.13. The number of aromatic nitrogens is 1. The first-order chi connectivity index (χ1) is 13.2. The van der Waals surface area contributed by atoms with Crippen LogP contribution >= 0.6 is 24.0 Å². The van der Waals surface area contributed by atoms with Crippen molar-refractivity contribution >= 4 is 63.1 Å². The van der Waals surface area contributed by atoms with Crippen molar-refractivity contribution in [3.8, 4) is 0 Å². The minimum atomic E-state index is 0. The molecule has 140 valence electrons. The number of para-hydroxylation sites is 2. The summed E-state index contributed by atoms with van der Waals surface area (Å²) < 4.78 is 2.27. The van der Waals surface area contributed by atoms with Gasteiger partial charge in [-0.05, 0) is 35.4 Å². The lowest BCUT2D eigenvalue weighted by Crippen LogP contribution is -2.21. The van der Waals surface area contributed by atoms with Crippen molar-refractivity contribution in [1.82, 2.24) is 4.57 Å². The maximum Gasteiger partial charge on any atom is 0.0489 e. The molecule has 1 aliphatic heterocycles. The monoisotopic (exact) mass is 478 g/mol. The van der Waals surface area contributed by atoms with E-state index in [1.807, 2.05) is 0 Å². The summed E-state index contributed by atoms with van der Waals surface area (Å²) in [4.78, 5) is 2.29. The van der Waals surface area contributed by atoms with Crippen LogP contribution in [0.4, 0.5) is 5.69 Å². The largest absolute Gasteiger partial charge is 0.370 e. The summed E-state index contributed by atoms with van der Waals surface area (Å²) in [6.45, 7) is 0.943. The number of fused-ring (bicyclic) bond motifs is 4. The Bertz CT molecular complexity index is 1230. The number of nitrogens with zero attached hydrogens (tertiary/aromatic N) is 2. The number of allylic oxidation sites excluding steroid dienone is 2. The minimum Gasteiger partial charge on any atom is -0.370 e. The second-order valence-corrected chi connectivity index (χ2v) is 7.24. The van der Waals surface area contributed by atoms with Crippen LogP contribution in [-0.2, 0) is 7.05 Å². The van der Waals surface area contributed by atoms with Crippen molar-refractivity contribution in [1.29, 1.82) is 0 Å². The average molecular weight is 478 g/mol. The molecule has 0 saturated carbocycles. The molecule has 2 nitrogen and oxygen atoms in total. The lowest BCUT2D eigenvalue weighted by molar-refractivity contribution is 1.01. The van der Waals surface area contributed by atoms with Crippen molar-refractivity contribution in [2.45, 2.75) is 0 Å². The Morgan fingerprint density at radius 2 is 1.54 bits per heavy atom. The Morgan fingerprint density at radius 3 is 2.43 bits per heavy atom. The van der Waals surface area contributed by atoms with Gasteiger partial charge < -0.3 is 9.47 Å². The van der Waals surface area contributed by atoms with Crippen LogP contribution in [0, 0.1) is 0 Å². The Hall–Kier alpha value is -2.53. The van der Waals surface area contributed by atoms with Gasteiger partial charge in [0.1, 0.15) is 0 Å². The van der Waals surface area contributed by atoms with E-state index >= 15 is 0 Å². The standard InChI is InChI=1S/C25H22N2.HI/c1-26-16-15-19(20-7-3-5-9-23(20)26)13-11-18-12-14-25-22(17-18)21-8-4-6-10-24(21)27(25)2;/h3-15,17H,16H2,1-2H3;1H. The van der Waals surface area contributed by atoms with E-state index in [4.69, 9.17) is 0 Å². The first-order valence-electron chi connectivity index (χ1n) is 9.38. The molecule has 28 heavy (non-hydrogen) atoms. The smallest absolute Gasteiger partial charge is 0.0489 e. The zero-order valence-corrected chi connectivity index (χ0v) is 18.4. The van der Waals surface area contributed by atoms with Crippen LogP contribution < -0.4 is 4.90 Å². The molecule has 0 fully saturated rings. The topological polar surface area (TPSA) is 8.17 Å². The molecule has 3 aromatic carbocycles. The fraction of sp³-hybridized carbons (Fsp3) is 0.120. The molecule has 0 radical (unpaired) electrons. The molecule has 1 aromatic heterocycles. The number of likely N-dealkylation sites (N-methyl/N-ethyl adjacent to an activating group) is 1. The van der Waals surface area contributed by atoms with Gasteiger partial charge in [-0.15, -0.1) is 24.0 Å². The number of anilines is 1. The van der Waals surface area contributed by atoms with Gasteiger partial charge in [-0.2, -0.15) is 0 Å². The zero-order valence-electron chi connectivity index (χ0n) is 16.1. The molecule has 0 bridgehead atoms. The van der Waals surface area contributed by atoms with Crippen molar-refractivity contribution in [3.05, 3.63) is 90.0 Å². The molecule has 5 rings (SSSR count). The van der Waals surface area contributed by atoms with Crippen molar-refractivity contribution in [2.24, 2.45) is 7.05 Å². The number of halogens is 1. The first-order valence-corrected chi connectivity index (χ1v) is 9.38. The molecular weight excluding hydrogens is 455 g/mol. The molecule has 2 heterocycles. The Kier molecular flexibility index (Phi) is 5.02. The van der Waals surface area contributed by atoms with Crippen LogP contribution in [0.15, 0.2) is 78.9 Å². The molecular formula is C25H23IN2. The molecule has 3 heteroatoms. The van der Waals surface area contributed by atoms with E-state index in [9.17, 15) is 0 Å².